The molecule has 1 heterocycles. The molecule has 0 spiro atoms. The summed E-state index contributed by atoms with van der Waals surface area (Å²) < 4.78 is 5.10. The van der Waals surface area contributed by atoms with E-state index < -0.39 is 5.54 Å². The Morgan fingerprint density at radius 3 is 2.63 bits per heavy atom. The lowest BCUT2D eigenvalue weighted by atomic mass is 9.77. The number of carbonyl (C=O) groups is 1. The molecule has 1 aliphatic rings. The fourth-order valence-electron chi connectivity index (χ4n) is 2.40. The maximum absolute atomic E-state index is 12.1. The van der Waals surface area contributed by atoms with E-state index in [4.69, 9.17) is 34.0 Å². The van der Waals surface area contributed by atoms with E-state index in [9.17, 15) is 4.79 Å². The van der Waals surface area contributed by atoms with Crippen LogP contribution in [-0.4, -0.2) is 16.4 Å². The van der Waals surface area contributed by atoms with Gasteiger partial charge >= 0.3 is 0 Å². The Bertz CT molecular complexity index is 493. The van der Waals surface area contributed by atoms with Gasteiger partial charge < -0.3 is 15.5 Å². The number of nitrogens with two attached hydrogens (primary N) is 1. The SMILES string of the molecule is CC1CCC(NC(=O)c2ccc(Cl)o2)(C(N)=S)CC1. The molecule has 0 bridgehead atoms. The summed E-state index contributed by atoms with van der Waals surface area (Å²) in [7, 11) is 0. The molecule has 0 aliphatic heterocycles. The number of nitrogens with one attached hydrogen (secondary N) is 1. The predicted octanol–water partition coefficient (Wildman–Crippen LogP) is 2.90. The third-order valence-electron chi connectivity index (χ3n) is 3.75. The number of halogens is 1. The molecule has 2 rings (SSSR count). The second kappa shape index (κ2) is 5.51. The highest BCUT2D eigenvalue weighted by atomic mass is 35.5. The maximum atomic E-state index is 12.1. The van der Waals surface area contributed by atoms with Gasteiger partial charge in [-0.3, -0.25) is 4.79 Å². The highest BCUT2D eigenvalue weighted by molar-refractivity contribution is 7.80. The van der Waals surface area contributed by atoms with E-state index in [1.807, 2.05) is 0 Å². The van der Waals surface area contributed by atoms with Crippen LogP contribution in [0.25, 0.3) is 0 Å². The lowest BCUT2D eigenvalue weighted by molar-refractivity contribution is 0.0872. The van der Waals surface area contributed by atoms with E-state index in [1.54, 1.807) is 0 Å². The maximum Gasteiger partial charge on any atom is 0.287 e. The topological polar surface area (TPSA) is 68.3 Å². The molecule has 1 aromatic rings. The summed E-state index contributed by atoms with van der Waals surface area (Å²) in [5, 5.41) is 3.11. The molecule has 1 amide bonds. The zero-order valence-electron chi connectivity index (χ0n) is 10.7. The Morgan fingerprint density at radius 2 is 2.16 bits per heavy atom. The van der Waals surface area contributed by atoms with Crippen LogP contribution in [0.1, 0.15) is 43.2 Å². The molecule has 0 atom stereocenters. The van der Waals surface area contributed by atoms with Crippen molar-refractivity contribution < 1.29 is 9.21 Å². The van der Waals surface area contributed by atoms with Gasteiger partial charge in [-0.2, -0.15) is 0 Å². The lowest BCUT2D eigenvalue weighted by Crippen LogP contribution is -2.58. The Labute approximate surface area is 122 Å². The highest BCUT2D eigenvalue weighted by Crippen LogP contribution is 2.32. The van der Waals surface area contributed by atoms with Gasteiger partial charge in [0.15, 0.2) is 11.0 Å². The highest BCUT2D eigenvalue weighted by Gasteiger charge is 2.38. The average Bonchev–Trinajstić information content (AvgIpc) is 2.79. The lowest BCUT2D eigenvalue weighted by Gasteiger charge is -2.39. The van der Waals surface area contributed by atoms with Gasteiger partial charge in [-0.05, 0) is 55.3 Å². The minimum atomic E-state index is -0.599. The molecule has 1 aliphatic carbocycles. The van der Waals surface area contributed by atoms with Gasteiger partial charge in [-0.15, -0.1) is 0 Å². The van der Waals surface area contributed by atoms with E-state index in [0.717, 1.165) is 25.7 Å². The number of amides is 1. The standard InChI is InChI=1S/C13H17ClN2O2S/c1-8-4-6-13(7-5-8,12(15)19)16-11(17)9-2-3-10(14)18-9/h2-3,8H,4-7H2,1H3,(H2,15,19)(H,16,17). The summed E-state index contributed by atoms with van der Waals surface area (Å²) in [5.41, 5.74) is 5.24. The van der Waals surface area contributed by atoms with Crippen molar-refractivity contribution in [2.24, 2.45) is 11.7 Å². The molecule has 0 aromatic carbocycles. The normalized spacial score (nSPS) is 26.9. The number of hydrogen-bond acceptors (Lipinski definition) is 3. The largest absolute Gasteiger partial charge is 0.440 e. The van der Waals surface area contributed by atoms with Crippen molar-refractivity contribution in [1.29, 1.82) is 0 Å². The molecule has 0 radical (unpaired) electrons. The third-order valence-corrected chi connectivity index (χ3v) is 4.34. The van der Waals surface area contributed by atoms with Crippen molar-refractivity contribution in [2.75, 3.05) is 0 Å². The van der Waals surface area contributed by atoms with Gasteiger partial charge in [0, 0.05) is 0 Å². The van der Waals surface area contributed by atoms with Gasteiger partial charge in [0.05, 0.1) is 10.5 Å². The molecular weight excluding hydrogens is 284 g/mol. The zero-order chi connectivity index (χ0) is 14.0. The second-order valence-electron chi connectivity index (χ2n) is 5.19. The first-order chi connectivity index (χ1) is 8.93. The zero-order valence-corrected chi connectivity index (χ0v) is 12.3. The van der Waals surface area contributed by atoms with Crippen LogP contribution in [0.2, 0.25) is 5.22 Å². The smallest absolute Gasteiger partial charge is 0.287 e. The first-order valence-electron chi connectivity index (χ1n) is 6.31. The van der Waals surface area contributed by atoms with E-state index in [1.165, 1.54) is 12.1 Å². The molecule has 104 valence electrons. The van der Waals surface area contributed by atoms with Crippen molar-refractivity contribution in [1.82, 2.24) is 5.32 Å². The summed E-state index contributed by atoms with van der Waals surface area (Å²) in [4.78, 5) is 12.5. The summed E-state index contributed by atoms with van der Waals surface area (Å²) in [6, 6.07) is 3.07. The molecule has 4 nitrogen and oxygen atoms in total. The van der Waals surface area contributed by atoms with E-state index in [2.05, 4.69) is 12.2 Å². The first kappa shape index (κ1) is 14.3. The van der Waals surface area contributed by atoms with E-state index in [0.29, 0.717) is 10.9 Å². The molecular formula is C13H17ClN2O2S. The molecule has 6 heteroatoms. The van der Waals surface area contributed by atoms with Crippen LogP contribution in [0.3, 0.4) is 0 Å². The molecule has 0 unspecified atom stereocenters. The average molecular weight is 301 g/mol. The molecule has 19 heavy (non-hydrogen) atoms. The third kappa shape index (κ3) is 3.09. The Kier molecular flexibility index (Phi) is 4.16. The molecule has 0 saturated heterocycles. The van der Waals surface area contributed by atoms with Gasteiger partial charge in [-0.1, -0.05) is 19.1 Å². The summed E-state index contributed by atoms with van der Waals surface area (Å²) >= 11 is 10.8. The second-order valence-corrected chi connectivity index (χ2v) is 6.00. The van der Waals surface area contributed by atoms with Crippen LogP contribution in [0.4, 0.5) is 0 Å². The fourth-order valence-corrected chi connectivity index (χ4v) is 2.80. The Morgan fingerprint density at radius 1 is 1.53 bits per heavy atom. The summed E-state index contributed by atoms with van der Waals surface area (Å²) in [5.74, 6) is 0.492. The monoisotopic (exact) mass is 300 g/mol. The van der Waals surface area contributed by atoms with Crippen LogP contribution in [0, 0.1) is 5.92 Å². The van der Waals surface area contributed by atoms with Crippen molar-refractivity contribution in [3.63, 3.8) is 0 Å². The molecule has 1 fully saturated rings. The molecule has 1 saturated carbocycles. The molecule has 3 N–H and O–H groups in total. The van der Waals surface area contributed by atoms with E-state index in [-0.39, 0.29) is 16.9 Å². The first-order valence-corrected chi connectivity index (χ1v) is 7.09. The number of hydrogen-bond donors (Lipinski definition) is 2. The Hall–Kier alpha value is -1.07. The van der Waals surface area contributed by atoms with Gasteiger partial charge in [0.25, 0.3) is 5.91 Å². The number of carbonyl (C=O) groups excluding carboxylic acids is 1. The van der Waals surface area contributed by atoms with Crippen LogP contribution in [0.5, 0.6) is 0 Å². The van der Waals surface area contributed by atoms with Crippen molar-refractivity contribution in [3.8, 4) is 0 Å². The van der Waals surface area contributed by atoms with Crippen LogP contribution >= 0.6 is 23.8 Å². The Balaban J connectivity index is 2.13. The van der Waals surface area contributed by atoms with Gasteiger partial charge in [-0.25, -0.2) is 0 Å². The number of furan rings is 1. The summed E-state index contributed by atoms with van der Waals surface area (Å²) in [6.45, 7) is 2.19. The van der Waals surface area contributed by atoms with Crippen LogP contribution in [0.15, 0.2) is 16.5 Å². The quantitative estimate of drug-likeness (QED) is 0.842. The van der Waals surface area contributed by atoms with E-state index >= 15 is 0 Å². The minimum absolute atomic E-state index is 0.180. The van der Waals surface area contributed by atoms with Crippen molar-refractivity contribution in [3.05, 3.63) is 23.1 Å². The van der Waals surface area contributed by atoms with Crippen molar-refractivity contribution >= 4 is 34.7 Å². The molecule has 1 aromatic heterocycles. The van der Waals surface area contributed by atoms with Crippen molar-refractivity contribution in [2.45, 2.75) is 38.1 Å². The van der Waals surface area contributed by atoms with Gasteiger partial charge in [0.1, 0.15) is 0 Å². The summed E-state index contributed by atoms with van der Waals surface area (Å²) in [6.07, 6.45) is 3.53. The van der Waals surface area contributed by atoms with Crippen LogP contribution in [-0.2, 0) is 0 Å². The number of thiocarbonyl (C=S) groups is 1. The fraction of sp³-hybridized carbons (Fsp3) is 0.538. The predicted molar refractivity (Wildman–Crippen MR) is 78.3 cm³/mol. The van der Waals surface area contributed by atoms with Crippen LogP contribution < -0.4 is 11.1 Å². The minimum Gasteiger partial charge on any atom is -0.440 e. The number of rotatable bonds is 3. The van der Waals surface area contributed by atoms with Gasteiger partial charge in [0.2, 0.25) is 0 Å².